The summed E-state index contributed by atoms with van der Waals surface area (Å²) in [7, 11) is 0. The van der Waals surface area contributed by atoms with E-state index >= 15 is 0 Å². The molecule has 23 heavy (non-hydrogen) atoms. The monoisotopic (exact) mass is 306 g/mol. The molecule has 4 nitrogen and oxygen atoms in total. The van der Waals surface area contributed by atoms with Gasteiger partial charge in [-0.25, -0.2) is 0 Å². The van der Waals surface area contributed by atoms with Gasteiger partial charge in [0.05, 0.1) is 23.4 Å². The molecule has 3 aromatic rings. The maximum Gasteiger partial charge on any atom is 0.257 e. The lowest BCUT2D eigenvalue weighted by molar-refractivity contribution is 0.340. The van der Waals surface area contributed by atoms with Crippen LogP contribution < -0.4 is 10.3 Å². The molecule has 3 rings (SSSR count). The molecule has 1 N–H and O–H groups in total. The average Bonchev–Trinajstić information content (AvgIpc) is 2.55. The highest BCUT2D eigenvalue weighted by molar-refractivity contribution is 5.89. The van der Waals surface area contributed by atoms with Crippen molar-refractivity contribution in [3.05, 3.63) is 70.0 Å². The van der Waals surface area contributed by atoms with E-state index in [1.54, 1.807) is 6.21 Å². The molecule has 0 aliphatic rings. The molecule has 2 aromatic carbocycles. The Hall–Kier alpha value is -2.88. The molecule has 0 saturated carbocycles. The van der Waals surface area contributed by atoms with E-state index in [2.05, 4.69) is 9.98 Å². The van der Waals surface area contributed by atoms with Gasteiger partial charge in [-0.05, 0) is 55.1 Å². The number of pyridine rings is 1. The van der Waals surface area contributed by atoms with Crippen LogP contribution in [0.25, 0.3) is 10.9 Å². The maximum absolute atomic E-state index is 12.2. The van der Waals surface area contributed by atoms with Crippen LogP contribution in [0.2, 0.25) is 0 Å². The highest BCUT2D eigenvalue weighted by Crippen LogP contribution is 2.18. The number of para-hydroxylation sites is 1. The predicted octanol–water partition coefficient (Wildman–Crippen LogP) is 3.99. The minimum absolute atomic E-state index is 0.138. The van der Waals surface area contributed by atoms with E-state index in [4.69, 9.17) is 4.74 Å². The van der Waals surface area contributed by atoms with Crippen LogP contribution in [0.3, 0.4) is 0 Å². The topological polar surface area (TPSA) is 54.4 Å². The number of aromatic amines is 1. The van der Waals surface area contributed by atoms with Gasteiger partial charge in [0.2, 0.25) is 0 Å². The standard InChI is InChI=1S/C19H18N2O2/c1-3-23-17-9-7-16(8-10-17)20-12-15-11-14-6-4-5-13(2)18(14)21-19(15)22/h4-12H,3H2,1-2H3,(H,21,22). The van der Waals surface area contributed by atoms with Crippen LogP contribution >= 0.6 is 0 Å². The summed E-state index contributed by atoms with van der Waals surface area (Å²) in [6, 6.07) is 15.2. The average molecular weight is 306 g/mol. The lowest BCUT2D eigenvalue weighted by atomic mass is 10.1. The third-order valence-electron chi connectivity index (χ3n) is 3.62. The minimum Gasteiger partial charge on any atom is -0.494 e. The second kappa shape index (κ2) is 6.48. The van der Waals surface area contributed by atoms with Crippen molar-refractivity contribution in [1.82, 2.24) is 4.98 Å². The summed E-state index contributed by atoms with van der Waals surface area (Å²) in [5.74, 6) is 0.811. The molecule has 0 unspecified atom stereocenters. The first-order valence-electron chi connectivity index (χ1n) is 7.57. The number of H-pyrrole nitrogens is 1. The van der Waals surface area contributed by atoms with Crippen LogP contribution in [0.5, 0.6) is 5.75 Å². The number of hydrogen-bond acceptors (Lipinski definition) is 3. The first-order valence-corrected chi connectivity index (χ1v) is 7.57. The lowest BCUT2D eigenvalue weighted by Crippen LogP contribution is -2.12. The van der Waals surface area contributed by atoms with Gasteiger partial charge in [0.25, 0.3) is 5.56 Å². The third-order valence-corrected chi connectivity index (χ3v) is 3.62. The van der Waals surface area contributed by atoms with Crippen LogP contribution in [0, 0.1) is 6.92 Å². The number of rotatable bonds is 4. The van der Waals surface area contributed by atoms with Gasteiger partial charge in [-0.1, -0.05) is 18.2 Å². The van der Waals surface area contributed by atoms with Crippen molar-refractivity contribution in [1.29, 1.82) is 0 Å². The zero-order chi connectivity index (χ0) is 16.2. The molecule has 0 fully saturated rings. The molecule has 4 heteroatoms. The molecule has 0 aliphatic carbocycles. The van der Waals surface area contributed by atoms with Crippen molar-refractivity contribution in [3.8, 4) is 5.75 Å². The number of hydrogen-bond donors (Lipinski definition) is 1. The van der Waals surface area contributed by atoms with Gasteiger partial charge in [-0.3, -0.25) is 9.79 Å². The Morgan fingerprint density at radius 2 is 1.96 bits per heavy atom. The molecule has 0 radical (unpaired) electrons. The summed E-state index contributed by atoms with van der Waals surface area (Å²) in [5.41, 5.74) is 3.10. The van der Waals surface area contributed by atoms with Gasteiger partial charge >= 0.3 is 0 Å². The van der Waals surface area contributed by atoms with E-state index in [1.165, 1.54) is 0 Å². The molecule has 0 atom stereocenters. The molecule has 0 spiro atoms. The van der Waals surface area contributed by atoms with Crippen molar-refractivity contribution in [3.63, 3.8) is 0 Å². The molecule has 1 heterocycles. The predicted molar refractivity (Wildman–Crippen MR) is 94.2 cm³/mol. The fourth-order valence-corrected chi connectivity index (χ4v) is 2.44. The number of fused-ring (bicyclic) bond motifs is 1. The van der Waals surface area contributed by atoms with Crippen molar-refractivity contribution in [2.24, 2.45) is 4.99 Å². The zero-order valence-corrected chi connectivity index (χ0v) is 13.2. The molecule has 0 bridgehead atoms. The van der Waals surface area contributed by atoms with Crippen LogP contribution in [-0.2, 0) is 0 Å². The largest absolute Gasteiger partial charge is 0.494 e. The quantitative estimate of drug-likeness (QED) is 0.741. The molecule has 0 saturated heterocycles. The van der Waals surface area contributed by atoms with Crippen molar-refractivity contribution < 1.29 is 4.74 Å². The minimum atomic E-state index is -0.138. The smallest absolute Gasteiger partial charge is 0.257 e. The number of ether oxygens (including phenoxy) is 1. The summed E-state index contributed by atoms with van der Waals surface area (Å²) in [4.78, 5) is 19.5. The fraction of sp³-hybridized carbons (Fsp3) is 0.158. The van der Waals surface area contributed by atoms with Crippen molar-refractivity contribution in [2.45, 2.75) is 13.8 Å². The lowest BCUT2D eigenvalue weighted by Gasteiger charge is -2.03. The van der Waals surface area contributed by atoms with Crippen LogP contribution in [-0.4, -0.2) is 17.8 Å². The molecule has 116 valence electrons. The van der Waals surface area contributed by atoms with E-state index in [-0.39, 0.29) is 5.56 Å². The highest BCUT2D eigenvalue weighted by atomic mass is 16.5. The SMILES string of the molecule is CCOc1ccc(N=Cc2cc3cccc(C)c3[nH]c2=O)cc1. The number of aliphatic imine (C=N–C) groups is 1. The summed E-state index contributed by atoms with van der Waals surface area (Å²) in [5, 5.41) is 0.998. The molecular weight excluding hydrogens is 288 g/mol. The Labute approximate surface area is 134 Å². The van der Waals surface area contributed by atoms with E-state index in [1.807, 2.05) is 62.4 Å². The first-order chi connectivity index (χ1) is 11.2. The van der Waals surface area contributed by atoms with E-state index in [9.17, 15) is 4.79 Å². The normalized spacial score (nSPS) is 11.2. The molecule has 0 amide bonds. The molecule has 1 aromatic heterocycles. The third kappa shape index (κ3) is 3.31. The number of nitrogens with zero attached hydrogens (tertiary/aromatic N) is 1. The Bertz CT molecular complexity index is 909. The van der Waals surface area contributed by atoms with E-state index in [0.29, 0.717) is 12.2 Å². The first kappa shape index (κ1) is 15.0. The van der Waals surface area contributed by atoms with Crippen molar-refractivity contribution in [2.75, 3.05) is 6.61 Å². The second-order valence-corrected chi connectivity index (χ2v) is 5.28. The van der Waals surface area contributed by atoms with E-state index < -0.39 is 0 Å². The van der Waals surface area contributed by atoms with E-state index in [0.717, 1.165) is 27.9 Å². The molecule has 0 aliphatic heterocycles. The fourth-order valence-electron chi connectivity index (χ4n) is 2.44. The van der Waals surface area contributed by atoms with Gasteiger partial charge in [-0.2, -0.15) is 0 Å². The zero-order valence-electron chi connectivity index (χ0n) is 13.2. The van der Waals surface area contributed by atoms with Gasteiger partial charge in [0.15, 0.2) is 0 Å². The Kier molecular flexibility index (Phi) is 4.24. The Balaban J connectivity index is 1.91. The number of aryl methyl sites for hydroxylation is 1. The summed E-state index contributed by atoms with van der Waals surface area (Å²) in [6.45, 7) is 4.56. The van der Waals surface area contributed by atoms with Crippen molar-refractivity contribution >= 4 is 22.8 Å². The highest BCUT2D eigenvalue weighted by Gasteiger charge is 2.02. The van der Waals surface area contributed by atoms with Gasteiger partial charge in [0, 0.05) is 6.21 Å². The Morgan fingerprint density at radius 1 is 1.17 bits per heavy atom. The second-order valence-electron chi connectivity index (χ2n) is 5.28. The van der Waals surface area contributed by atoms with Crippen LogP contribution in [0.15, 0.2) is 58.3 Å². The summed E-state index contributed by atoms with van der Waals surface area (Å²) >= 11 is 0. The maximum atomic E-state index is 12.2. The van der Waals surface area contributed by atoms with Gasteiger partial charge < -0.3 is 9.72 Å². The van der Waals surface area contributed by atoms with Crippen LogP contribution in [0.4, 0.5) is 5.69 Å². The summed E-state index contributed by atoms with van der Waals surface area (Å²) in [6.07, 6.45) is 1.59. The number of aromatic nitrogens is 1. The molecular formula is C19H18N2O2. The van der Waals surface area contributed by atoms with Gasteiger partial charge in [-0.15, -0.1) is 0 Å². The van der Waals surface area contributed by atoms with Gasteiger partial charge in [0.1, 0.15) is 5.75 Å². The number of nitrogens with one attached hydrogen (secondary N) is 1. The summed E-state index contributed by atoms with van der Waals surface area (Å²) < 4.78 is 5.40. The number of benzene rings is 2. The van der Waals surface area contributed by atoms with Crippen LogP contribution in [0.1, 0.15) is 18.1 Å². The Morgan fingerprint density at radius 3 is 2.70 bits per heavy atom.